The minimum Gasteiger partial charge on any atom is -0.342 e. The van der Waals surface area contributed by atoms with E-state index in [1.807, 2.05) is 29.2 Å². The molecule has 3 aromatic rings. The monoisotopic (exact) mass is 451 g/mol. The Morgan fingerprint density at radius 1 is 1.00 bits per heavy atom. The van der Waals surface area contributed by atoms with E-state index >= 15 is 0 Å². The first-order valence-electron chi connectivity index (χ1n) is 11.2. The fraction of sp³-hybridized carbons (Fsp3) is 0.417. The molecule has 0 bridgehead atoms. The quantitative estimate of drug-likeness (QED) is 0.655. The Hall–Kier alpha value is -2.93. The van der Waals surface area contributed by atoms with Gasteiger partial charge in [-0.3, -0.25) is 9.59 Å². The summed E-state index contributed by atoms with van der Waals surface area (Å²) in [5.74, 6) is 1.18. The Kier molecular flexibility index (Phi) is 5.83. The van der Waals surface area contributed by atoms with Crippen LogP contribution in [0.1, 0.15) is 47.8 Å². The molecule has 0 saturated carbocycles. The highest BCUT2D eigenvalue weighted by Gasteiger charge is 2.34. The Morgan fingerprint density at radius 3 is 2.59 bits per heavy atom. The summed E-state index contributed by atoms with van der Waals surface area (Å²) in [6.45, 7) is 2.54. The average Bonchev–Trinajstić information content (AvgIpc) is 3.28. The third kappa shape index (κ3) is 4.09. The molecular formula is C24H26ClN5O2. The zero-order valence-electron chi connectivity index (χ0n) is 17.8. The largest absolute Gasteiger partial charge is 0.342 e. The van der Waals surface area contributed by atoms with Gasteiger partial charge in [-0.15, -0.1) is 0 Å². The summed E-state index contributed by atoms with van der Waals surface area (Å²) in [6, 6.07) is 11.0. The summed E-state index contributed by atoms with van der Waals surface area (Å²) >= 11 is 6.21. The van der Waals surface area contributed by atoms with Gasteiger partial charge in [0.25, 0.3) is 5.91 Å². The van der Waals surface area contributed by atoms with E-state index in [1.54, 1.807) is 23.2 Å². The van der Waals surface area contributed by atoms with Crippen LogP contribution in [0.3, 0.4) is 0 Å². The van der Waals surface area contributed by atoms with Gasteiger partial charge in [0.05, 0.1) is 22.0 Å². The fourth-order valence-corrected chi connectivity index (χ4v) is 5.07. The number of likely N-dealkylation sites (tertiary alicyclic amines) is 2. The van der Waals surface area contributed by atoms with Crippen molar-refractivity contribution in [1.82, 2.24) is 24.8 Å². The summed E-state index contributed by atoms with van der Waals surface area (Å²) in [5.41, 5.74) is 2.20. The molecule has 4 heterocycles. The lowest BCUT2D eigenvalue weighted by atomic mass is 9.92. The summed E-state index contributed by atoms with van der Waals surface area (Å²) in [7, 11) is 0. The molecule has 2 saturated heterocycles. The van der Waals surface area contributed by atoms with Crippen LogP contribution in [-0.2, 0) is 4.79 Å². The zero-order valence-corrected chi connectivity index (χ0v) is 18.6. The predicted molar refractivity (Wildman–Crippen MR) is 123 cm³/mol. The van der Waals surface area contributed by atoms with Crippen LogP contribution >= 0.6 is 11.6 Å². The van der Waals surface area contributed by atoms with Crippen LogP contribution in [0.2, 0.25) is 5.02 Å². The molecule has 0 radical (unpaired) electrons. The molecule has 0 spiro atoms. The second-order valence-electron chi connectivity index (χ2n) is 8.67. The lowest BCUT2D eigenvalue weighted by Gasteiger charge is -2.37. The third-order valence-corrected chi connectivity index (χ3v) is 6.96. The zero-order chi connectivity index (χ0) is 22.1. The molecule has 32 heavy (non-hydrogen) atoms. The van der Waals surface area contributed by atoms with Crippen molar-refractivity contribution < 1.29 is 9.59 Å². The maximum absolute atomic E-state index is 13.2. The Balaban J connectivity index is 1.20. The van der Waals surface area contributed by atoms with Crippen LogP contribution in [0.5, 0.6) is 0 Å². The molecule has 2 amide bonds. The van der Waals surface area contributed by atoms with Crippen molar-refractivity contribution >= 4 is 34.6 Å². The number of imidazole rings is 1. The first kappa shape index (κ1) is 20.9. The van der Waals surface area contributed by atoms with Crippen molar-refractivity contribution in [2.24, 2.45) is 5.92 Å². The summed E-state index contributed by atoms with van der Waals surface area (Å²) in [6.07, 6.45) is 5.15. The van der Waals surface area contributed by atoms with E-state index in [-0.39, 0.29) is 17.7 Å². The van der Waals surface area contributed by atoms with E-state index in [2.05, 4.69) is 15.0 Å². The number of nitrogens with one attached hydrogen (secondary N) is 1. The van der Waals surface area contributed by atoms with Crippen LogP contribution in [0.15, 0.2) is 42.6 Å². The first-order valence-corrected chi connectivity index (χ1v) is 11.6. The van der Waals surface area contributed by atoms with Crippen molar-refractivity contribution in [1.29, 1.82) is 0 Å². The second-order valence-corrected chi connectivity index (χ2v) is 9.07. The number of pyridine rings is 1. The van der Waals surface area contributed by atoms with Gasteiger partial charge in [0.2, 0.25) is 5.91 Å². The first-order chi connectivity index (χ1) is 15.6. The fourth-order valence-electron chi connectivity index (χ4n) is 4.86. The highest BCUT2D eigenvalue weighted by molar-refractivity contribution is 6.33. The highest BCUT2D eigenvalue weighted by atomic mass is 35.5. The van der Waals surface area contributed by atoms with Crippen LogP contribution in [0.4, 0.5) is 0 Å². The van der Waals surface area contributed by atoms with Gasteiger partial charge >= 0.3 is 0 Å². The number of halogens is 1. The van der Waals surface area contributed by atoms with Crippen molar-refractivity contribution in [2.75, 3.05) is 26.2 Å². The van der Waals surface area contributed by atoms with Gasteiger partial charge < -0.3 is 14.8 Å². The number of carbonyl (C=O) groups excluding carboxylic acids is 2. The normalized spacial score (nSPS) is 20.0. The number of carbonyl (C=O) groups is 2. The lowest BCUT2D eigenvalue weighted by Crippen LogP contribution is -2.48. The molecule has 1 aromatic carbocycles. The smallest absolute Gasteiger partial charge is 0.255 e. The maximum atomic E-state index is 13.2. The maximum Gasteiger partial charge on any atom is 0.255 e. The number of fused-ring (bicyclic) bond motifs is 1. The van der Waals surface area contributed by atoms with Crippen LogP contribution in [0, 0.1) is 5.92 Å². The standard InChI is InChI=1S/C24H26ClN5O2/c25-19-7-2-1-6-18(19)24(32)30-12-4-5-17(15-30)23(31)29-13-9-16(10-14-29)21-27-20-8-3-11-26-22(20)28-21/h1-3,6-8,11,16-17H,4-5,9-10,12-15H2,(H,26,27,28). The van der Waals surface area contributed by atoms with Gasteiger partial charge in [0.15, 0.2) is 5.65 Å². The van der Waals surface area contributed by atoms with Crippen LogP contribution in [0.25, 0.3) is 11.2 Å². The Bertz CT molecular complexity index is 1110. The molecule has 5 rings (SSSR count). The number of amides is 2. The van der Waals surface area contributed by atoms with Crippen molar-refractivity contribution in [3.05, 3.63) is 59.0 Å². The Labute approximate surface area is 191 Å². The number of H-pyrrole nitrogens is 1. The summed E-state index contributed by atoms with van der Waals surface area (Å²) < 4.78 is 0. The van der Waals surface area contributed by atoms with Gasteiger partial charge in [-0.05, 0) is 49.9 Å². The predicted octanol–water partition coefficient (Wildman–Crippen LogP) is 3.87. The SMILES string of the molecule is O=C(c1ccccc1Cl)N1CCCC(C(=O)N2CCC(c3nc4ncccc4[nH]3)CC2)C1. The van der Waals surface area contributed by atoms with E-state index in [0.717, 1.165) is 42.7 Å². The van der Waals surface area contributed by atoms with Gasteiger partial charge in [0, 0.05) is 38.3 Å². The molecule has 1 unspecified atom stereocenters. The third-order valence-electron chi connectivity index (χ3n) is 6.63. The number of rotatable bonds is 3. The van der Waals surface area contributed by atoms with Crippen LogP contribution < -0.4 is 0 Å². The Morgan fingerprint density at radius 2 is 1.81 bits per heavy atom. The van der Waals surface area contributed by atoms with E-state index in [0.29, 0.717) is 42.7 Å². The number of piperidine rings is 2. The van der Waals surface area contributed by atoms with E-state index in [4.69, 9.17) is 11.6 Å². The lowest BCUT2D eigenvalue weighted by molar-refractivity contribution is -0.138. The molecule has 1 atom stereocenters. The summed E-state index contributed by atoms with van der Waals surface area (Å²) in [5, 5.41) is 0.453. The van der Waals surface area contributed by atoms with E-state index < -0.39 is 0 Å². The molecular weight excluding hydrogens is 426 g/mol. The number of nitrogens with zero attached hydrogens (tertiary/aromatic N) is 4. The molecule has 1 N–H and O–H groups in total. The van der Waals surface area contributed by atoms with E-state index in [1.165, 1.54) is 0 Å². The number of aromatic nitrogens is 3. The van der Waals surface area contributed by atoms with Crippen molar-refractivity contribution in [2.45, 2.75) is 31.6 Å². The van der Waals surface area contributed by atoms with Crippen molar-refractivity contribution in [3.63, 3.8) is 0 Å². The molecule has 166 valence electrons. The van der Waals surface area contributed by atoms with Gasteiger partial charge in [-0.1, -0.05) is 23.7 Å². The average molecular weight is 452 g/mol. The second kappa shape index (κ2) is 8.90. The van der Waals surface area contributed by atoms with Gasteiger partial charge in [-0.2, -0.15) is 0 Å². The number of hydrogen-bond acceptors (Lipinski definition) is 4. The molecule has 2 aliphatic rings. The molecule has 0 aliphatic carbocycles. The molecule has 8 heteroatoms. The molecule has 2 fully saturated rings. The number of hydrogen-bond donors (Lipinski definition) is 1. The highest BCUT2D eigenvalue weighted by Crippen LogP contribution is 2.29. The van der Waals surface area contributed by atoms with Gasteiger partial charge in [-0.25, -0.2) is 9.97 Å². The molecule has 7 nitrogen and oxygen atoms in total. The minimum atomic E-state index is -0.151. The minimum absolute atomic E-state index is 0.0923. The topological polar surface area (TPSA) is 82.2 Å². The van der Waals surface area contributed by atoms with E-state index in [9.17, 15) is 9.59 Å². The number of aromatic amines is 1. The van der Waals surface area contributed by atoms with Gasteiger partial charge in [0.1, 0.15) is 5.82 Å². The number of benzene rings is 1. The summed E-state index contributed by atoms with van der Waals surface area (Å²) in [4.78, 5) is 42.2. The molecule has 2 aromatic heterocycles. The van der Waals surface area contributed by atoms with Crippen LogP contribution in [-0.4, -0.2) is 62.7 Å². The molecule has 2 aliphatic heterocycles. The van der Waals surface area contributed by atoms with Crippen molar-refractivity contribution in [3.8, 4) is 0 Å².